The van der Waals surface area contributed by atoms with Crippen LogP contribution in [0.1, 0.15) is 78.8 Å². The Kier molecular flexibility index (Phi) is 8.78. The maximum atomic E-state index is 12.5. The molecule has 0 fully saturated rings. The van der Waals surface area contributed by atoms with E-state index in [0.29, 0.717) is 5.92 Å². The number of hydrogen-bond donors (Lipinski definition) is 2. The highest BCUT2D eigenvalue weighted by Crippen LogP contribution is 2.31. The van der Waals surface area contributed by atoms with Gasteiger partial charge in [-0.2, -0.15) is 5.10 Å². The molecule has 0 aliphatic carbocycles. The van der Waals surface area contributed by atoms with E-state index in [1.54, 1.807) is 7.11 Å². The topological polar surface area (TPSA) is 101 Å². The normalized spacial score (nSPS) is 11.9. The van der Waals surface area contributed by atoms with Gasteiger partial charge < -0.3 is 9.72 Å². The van der Waals surface area contributed by atoms with Crippen LogP contribution in [0.2, 0.25) is 0 Å². The number of rotatable bonds is 14. The number of methoxy groups -OCH3 is 1. The summed E-state index contributed by atoms with van der Waals surface area (Å²) in [7, 11) is 1.68. The largest absolute Gasteiger partial charge is 0.497 e. The van der Waals surface area contributed by atoms with Crippen LogP contribution < -0.4 is 4.74 Å². The lowest BCUT2D eigenvalue weighted by Gasteiger charge is -2.18. The number of Topliss-reactive ketones (excluding diaryl/α,β-unsaturated/α-hetero) is 2. The van der Waals surface area contributed by atoms with Gasteiger partial charge in [-0.3, -0.25) is 14.7 Å². The summed E-state index contributed by atoms with van der Waals surface area (Å²) in [5.41, 5.74) is 3.30. The van der Waals surface area contributed by atoms with Crippen molar-refractivity contribution in [1.82, 2.24) is 20.2 Å². The van der Waals surface area contributed by atoms with Gasteiger partial charge in [-0.15, -0.1) is 0 Å². The fourth-order valence-corrected chi connectivity index (χ4v) is 4.06. The first-order valence-electron chi connectivity index (χ1n) is 11.3. The second kappa shape index (κ2) is 12.0. The molecule has 3 rings (SSSR count). The zero-order chi connectivity index (χ0) is 22.8. The molecule has 0 aliphatic rings. The monoisotopic (exact) mass is 436 g/mol. The minimum atomic E-state index is -0.632. The zero-order valence-electron chi connectivity index (χ0n) is 18.9. The van der Waals surface area contributed by atoms with Gasteiger partial charge >= 0.3 is 0 Å². The fourth-order valence-electron chi connectivity index (χ4n) is 4.06. The number of aromatic nitrogens is 4. The molecule has 7 nitrogen and oxygen atoms in total. The van der Waals surface area contributed by atoms with Crippen molar-refractivity contribution >= 4 is 11.6 Å². The van der Waals surface area contributed by atoms with Gasteiger partial charge in [-0.05, 0) is 60.9 Å². The molecule has 3 aromatic rings. The summed E-state index contributed by atoms with van der Waals surface area (Å²) in [4.78, 5) is 31.7. The van der Waals surface area contributed by atoms with Gasteiger partial charge in [0.15, 0.2) is 5.82 Å². The number of nitrogens with one attached hydrogen (secondary N) is 2. The van der Waals surface area contributed by atoms with Crippen molar-refractivity contribution in [2.24, 2.45) is 0 Å². The highest BCUT2D eigenvalue weighted by atomic mass is 16.5. The standard InChI is InChI=1S/C25H32N4O3/c1-3-4-8-19(9-6-5-7-18-10-12-20(32-2)13-11-18)21-14-15-26-22(21)16-23(30)24(31)25-27-17-28-29-25/h10-15,17,19,26H,3-9,16H2,1-2H3,(H,27,28,29). The number of nitrogens with zero attached hydrogens (tertiary/aromatic N) is 2. The number of aryl methyl sites for hydroxylation is 1. The Balaban J connectivity index is 1.58. The molecule has 1 aromatic carbocycles. The molecule has 0 bridgehead atoms. The summed E-state index contributed by atoms with van der Waals surface area (Å²) in [6, 6.07) is 10.3. The molecule has 0 radical (unpaired) electrons. The van der Waals surface area contributed by atoms with Crippen molar-refractivity contribution in [2.45, 2.75) is 64.2 Å². The van der Waals surface area contributed by atoms with Crippen LogP contribution >= 0.6 is 0 Å². The van der Waals surface area contributed by atoms with Crippen LogP contribution in [-0.2, 0) is 17.6 Å². The lowest BCUT2D eigenvalue weighted by Crippen LogP contribution is -2.19. The van der Waals surface area contributed by atoms with Gasteiger partial charge in [0.2, 0.25) is 5.78 Å². The SMILES string of the molecule is CCCCC(CCCCc1ccc(OC)cc1)c1cc[nH]c1CC(=O)C(=O)c1ncn[nH]1. The van der Waals surface area contributed by atoms with E-state index < -0.39 is 11.6 Å². The van der Waals surface area contributed by atoms with Crippen LogP contribution in [0.5, 0.6) is 5.75 Å². The number of ketones is 2. The van der Waals surface area contributed by atoms with Gasteiger partial charge in [-0.25, -0.2) is 4.98 Å². The van der Waals surface area contributed by atoms with E-state index in [0.717, 1.165) is 62.0 Å². The Morgan fingerprint density at radius 3 is 2.53 bits per heavy atom. The average Bonchev–Trinajstić information content (AvgIpc) is 3.51. The molecule has 0 spiro atoms. The highest BCUT2D eigenvalue weighted by Gasteiger charge is 2.23. The lowest BCUT2D eigenvalue weighted by molar-refractivity contribution is -0.114. The van der Waals surface area contributed by atoms with E-state index in [2.05, 4.69) is 45.3 Å². The van der Waals surface area contributed by atoms with Crippen molar-refractivity contribution < 1.29 is 14.3 Å². The number of ether oxygens (including phenoxy) is 1. The minimum absolute atomic E-state index is 0.0100. The number of H-pyrrole nitrogens is 2. The summed E-state index contributed by atoms with van der Waals surface area (Å²) in [6.45, 7) is 2.19. The molecule has 2 heterocycles. The minimum Gasteiger partial charge on any atom is -0.497 e. The summed E-state index contributed by atoms with van der Waals surface area (Å²) >= 11 is 0. The van der Waals surface area contributed by atoms with E-state index in [1.165, 1.54) is 11.9 Å². The Morgan fingerprint density at radius 2 is 1.84 bits per heavy atom. The maximum absolute atomic E-state index is 12.5. The Bertz CT molecular complexity index is 977. The number of carbonyl (C=O) groups is 2. The molecule has 0 saturated carbocycles. The molecule has 1 unspecified atom stereocenters. The third kappa shape index (κ3) is 6.39. The van der Waals surface area contributed by atoms with Gasteiger partial charge in [0.05, 0.1) is 13.5 Å². The molecule has 0 aliphatic heterocycles. The van der Waals surface area contributed by atoms with Gasteiger partial charge in [0, 0.05) is 11.9 Å². The number of carbonyl (C=O) groups excluding carboxylic acids is 2. The van der Waals surface area contributed by atoms with Gasteiger partial charge in [0.1, 0.15) is 12.1 Å². The van der Waals surface area contributed by atoms with Crippen LogP contribution in [0, 0.1) is 0 Å². The molecule has 2 N–H and O–H groups in total. The smallest absolute Gasteiger partial charge is 0.265 e. The van der Waals surface area contributed by atoms with Crippen molar-refractivity contribution in [1.29, 1.82) is 0 Å². The molecule has 1 atom stereocenters. The molecule has 0 saturated heterocycles. The molecule has 170 valence electrons. The quantitative estimate of drug-likeness (QED) is 0.214. The van der Waals surface area contributed by atoms with Gasteiger partial charge in [-0.1, -0.05) is 38.3 Å². The van der Waals surface area contributed by atoms with Crippen LogP contribution in [0.3, 0.4) is 0 Å². The van der Waals surface area contributed by atoms with E-state index >= 15 is 0 Å². The molecular formula is C25H32N4O3. The van der Waals surface area contributed by atoms with Gasteiger partial charge in [0.25, 0.3) is 5.78 Å². The average molecular weight is 437 g/mol. The van der Waals surface area contributed by atoms with Crippen molar-refractivity contribution in [3.05, 3.63) is 65.5 Å². The van der Waals surface area contributed by atoms with Crippen molar-refractivity contribution in [2.75, 3.05) is 7.11 Å². The summed E-state index contributed by atoms with van der Waals surface area (Å²) in [5, 5.41) is 6.12. The highest BCUT2D eigenvalue weighted by molar-refractivity contribution is 6.43. The number of benzene rings is 1. The first-order chi connectivity index (χ1) is 15.6. The summed E-state index contributed by atoms with van der Waals surface area (Å²) < 4.78 is 5.22. The number of aromatic amines is 2. The Hall–Kier alpha value is -3.22. The summed E-state index contributed by atoms with van der Waals surface area (Å²) in [5.74, 6) is 0.126. The first-order valence-corrected chi connectivity index (χ1v) is 11.3. The second-order valence-electron chi connectivity index (χ2n) is 8.11. The van der Waals surface area contributed by atoms with E-state index in [9.17, 15) is 9.59 Å². The summed E-state index contributed by atoms with van der Waals surface area (Å²) in [6.07, 6.45) is 10.8. The Morgan fingerprint density at radius 1 is 1.06 bits per heavy atom. The first kappa shape index (κ1) is 23.4. The van der Waals surface area contributed by atoms with E-state index in [-0.39, 0.29) is 12.2 Å². The van der Waals surface area contributed by atoms with E-state index in [4.69, 9.17) is 4.74 Å². The second-order valence-corrected chi connectivity index (χ2v) is 8.11. The fraction of sp³-hybridized carbons (Fsp3) is 0.440. The lowest BCUT2D eigenvalue weighted by atomic mass is 9.87. The maximum Gasteiger partial charge on any atom is 0.265 e. The van der Waals surface area contributed by atoms with Crippen LogP contribution in [-0.4, -0.2) is 38.8 Å². The predicted octanol–water partition coefficient (Wildman–Crippen LogP) is 4.82. The van der Waals surface area contributed by atoms with Crippen molar-refractivity contribution in [3.63, 3.8) is 0 Å². The third-order valence-electron chi connectivity index (χ3n) is 5.86. The molecule has 2 aromatic heterocycles. The van der Waals surface area contributed by atoms with Crippen LogP contribution in [0.15, 0.2) is 42.9 Å². The Labute approximate surface area is 189 Å². The van der Waals surface area contributed by atoms with Crippen LogP contribution in [0.4, 0.5) is 0 Å². The third-order valence-corrected chi connectivity index (χ3v) is 5.86. The number of unbranched alkanes of at least 4 members (excludes halogenated alkanes) is 2. The molecule has 7 heteroatoms. The molecule has 0 amide bonds. The van der Waals surface area contributed by atoms with Crippen LogP contribution in [0.25, 0.3) is 0 Å². The molecular weight excluding hydrogens is 404 g/mol. The number of hydrogen-bond acceptors (Lipinski definition) is 5. The zero-order valence-corrected chi connectivity index (χ0v) is 18.9. The molecule has 32 heavy (non-hydrogen) atoms. The predicted molar refractivity (Wildman–Crippen MR) is 123 cm³/mol. The van der Waals surface area contributed by atoms with E-state index in [1.807, 2.05) is 18.3 Å². The van der Waals surface area contributed by atoms with Crippen molar-refractivity contribution in [3.8, 4) is 5.75 Å².